The van der Waals surface area contributed by atoms with Gasteiger partial charge in [0.05, 0.1) is 25.9 Å². The van der Waals surface area contributed by atoms with Gasteiger partial charge >= 0.3 is 0 Å². The lowest BCUT2D eigenvalue weighted by Crippen LogP contribution is -2.43. The molecule has 4 N–H and O–H groups in total. The van der Waals surface area contributed by atoms with Gasteiger partial charge in [0.15, 0.2) is 0 Å². The van der Waals surface area contributed by atoms with Crippen LogP contribution >= 0.6 is 0 Å². The largest absolute Gasteiger partial charge is 0.508 e. The van der Waals surface area contributed by atoms with E-state index in [-0.39, 0.29) is 11.7 Å². The molecule has 0 aliphatic carbocycles. The number of methoxy groups -OCH3 is 1. The van der Waals surface area contributed by atoms with Gasteiger partial charge in [-0.1, -0.05) is 12.1 Å². The molecule has 0 radical (unpaired) electrons. The topological polar surface area (TPSA) is 93.8 Å². The van der Waals surface area contributed by atoms with Crippen molar-refractivity contribution in [3.05, 3.63) is 29.8 Å². The summed E-state index contributed by atoms with van der Waals surface area (Å²) in [4.78, 5) is 11.7. The molecule has 1 amide bonds. The Morgan fingerprint density at radius 1 is 1.30 bits per heavy atom. The zero-order valence-electron chi connectivity index (χ0n) is 11.7. The van der Waals surface area contributed by atoms with Gasteiger partial charge in [-0.25, -0.2) is 0 Å². The van der Waals surface area contributed by atoms with Gasteiger partial charge in [-0.05, 0) is 24.1 Å². The van der Waals surface area contributed by atoms with E-state index < -0.39 is 6.04 Å². The predicted molar refractivity (Wildman–Crippen MR) is 75.5 cm³/mol. The van der Waals surface area contributed by atoms with Crippen molar-refractivity contribution in [1.82, 2.24) is 5.32 Å². The summed E-state index contributed by atoms with van der Waals surface area (Å²) in [5.41, 5.74) is 6.72. The maximum absolute atomic E-state index is 11.7. The molecule has 0 saturated carbocycles. The maximum atomic E-state index is 11.7. The Kier molecular flexibility index (Phi) is 7.64. The third kappa shape index (κ3) is 6.51. The number of phenolic OH excluding ortho intramolecular Hbond substituents is 1. The third-order valence-corrected chi connectivity index (χ3v) is 2.71. The molecule has 0 fully saturated rings. The van der Waals surface area contributed by atoms with Crippen molar-refractivity contribution < 1.29 is 19.4 Å². The van der Waals surface area contributed by atoms with Crippen LogP contribution in [0.2, 0.25) is 0 Å². The van der Waals surface area contributed by atoms with E-state index in [2.05, 4.69) is 5.32 Å². The third-order valence-electron chi connectivity index (χ3n) is 2.71. The molecule has 0 saturated heterocycles. The number of nitrogens with one attached hydrogen (secondary N) is 1. The first-order valence-electron chi connectivity index (χ1n) is 6.51. The molecular formula is C14H22N2O4. The lowest BCUT2D eigenvalue weighted by atomic mass is 10.1. The van der Waals surface area contributed by atoms with Crippen LogP contribution in [0.5, 0.6) is 5.75 Å². The van der Waals surface area contributed by atoms with Crippen LogP contribution in [-0.2, 0) is 20.7 Å². The number of phenols is 1. The standard InChI is InChI=1S/C14H22N2O4/c1-19-8-9-20-7-6-16-14(18)13(15)10-11-2-4-12(17)5-3-11/h2-5,13,17H,6-10,15H2,1H3,(H,16,18)/t13-/m0/s1. The molecule has 1 aromatic carbocycles. The van der Waals surface area contributed by atoms with Crippen molar-refractivity contribution in [3.8, 4) is 5.75 Å². The summed E-state index contributed by atoms with van der Waals surface area (Å²) in [6.07, 6.45) is 0.427. The Hall–Kier alpha value is -1.63. The van der Waals surface area contributed by atoms with Gasteiger partial charge in [-0.15, -0.1) is 0 Å². The Bertz CT molecular complexity index is 395. The number of hydrogen-bond donors (Lipinski definition) is 3. The van der Waals surface area contributed by atoms with E-state index in [4.69, 9.17) is 15.2 Å². The van der Waals surface area contributed by atoms with Gasteiger partial charge in [0.25, 0.3) is 0 Å². The smallest absolute Gasteiger partial charge is 0.237 e. The van der Waals surface area contributed by atoms with Crippen molar-refractivity contribution in [2.75, 3.05) is 33.5 Å². The summed E-state index contributed by atoms with van der Waals surface area (Å²) >= 11 is 0. The van der Waals surface area contributed by atoms with Crippen molar-refractivity contribution >= 4 is 5.91 Å². The van der Waals surface area contributed by atoms with Crippen molar-refractivity contribution in [1.29, 1.82) is 0 Å². The number of ether oxygens (including phenoxy) is 2. The molecule has 0 heterocycles. The van der Waals surface area contributed by atoms with E-state index >= 15 is 0 Å². The minimum absolute atomic E-state index is 0.194. The number of aromatic hydroxyl groups is 1. The second kappa shape index (κ2) is 9.30. The normalized spacial score (nSPS) is 12.1. The summed E-state index contributed by atoms with van der Waals surface area (Å²) < 4.78 is 10.1. The number of hydrogen-bond acceptors (Lipinski definition) is 5. The second-order valence-corrected chi connectivity index (χ2v) is 4.37. The molecule has 1 rings (SSSR count). The highest BCUT2D eigenvalue weighted by Crippen LogP contribution is 2.10. The summed E-state index contributed by atoms with van der Waals surface area (Å²) in [5.74, 6) is -0.0200. The lowest BCUT2D eigenvalue weighted by molar-refractivity contribution is -0.122. The summed E-state index contributed by atoms with van der Waals surface area (Å²) in [6.45, 7) is 1.90. The monoisotopic (exact) mass is 282 g/mol. The fraction of sp³-hybridized carbons (Fsp3) is 0.500. The number of rotatable bonds is 9. The minimum Gasteiger partial charge on any atom is -0.508 e. The number of amides is 1. The number of carbonyl (C=O) groups is 1. The quantitative estimate of drug-likeness (QED) is 0.556. The van der Waals surface area contributed by atoms with Crippen LogP contribution in [-0.4, -0.2) is 50.5 Å². The highest BCUT2D eigenvalue weighted by molar-refractivity contribution is 5.81. The fourth-order valence-corrected chi connectivity index (χ4v) is 1.60. The van der Waals surface area contributed by atoms with E-state index in [9.17, 15) is 9.90 Å². The van der Waals surface area contributed by atoms with Crippen LogP contribution in [0.25, 0.3) is 0 Å². The average molecular weight is 282 g/mol. The van der Waals surface area contributed by atoms with Crippen LogP contribution in [0.15, 0.2) is 24.3 Å². The van der Waals surface area contributed by atoms with Gasteiger partial charge in [0, 0.05) is 13.7 Å². The molecule has 0 spiro atoms. The highest BCUT2D eigenvalue weighted by atomic mass is 16.5. The zero-order valence-corrected chi connectivity index (χ0v) is 11.7. The van der Waals surface area contributed by atoms with Crippen molar-refractivity contribution in [2.45, 2.75) is 12.5 Å². The van der Waals surface area contributed by atoms with Gasteiger partial charge in [0.1, 0.15) is 5.75 Å². The Labute approximate surface area is 118 Å². The Morgan fingerprint density at radius 2 is 2.00 bits per heavy atom. The molecule has 0 aliphatic rings. The first-order chi connectivity index (χ1) is 9.63. The van der Waals surface area contributed by atoms with Crippen LogP contribution in [0, 0.1) is 0 Å². The first kappa shape index (κ1) is 16.4. The number of carbonyl (C=O) groups excluding carboxylic acids is 1. The van der Waals surface area contributed by atoms with Crippen LogP contribution in [0.3, 0.4) is 0 Å². The molecule has 1 atom stereocenters. The highest BCUT2D eigenvalue weighted by Gasteiger charge is 2.13. The van der Waals surface area contributed by atoms with Gasteiger partial charge in [-0.2, -0.15) is 0 Å². The van der Waals surface area contributed by atoms with E-state index in [1.165, 1.54) is 0 Å². The van der Waals surface area contributed by atoms with Crippen LogP contribution in [0.4, 0.5) is 0 Å². The number of benzene rings is 1. The lowest BCUT2D eigenvalue weighted by Gasteiger charge is -2.12. The minimum atomic E-state index is -0.612. The summed E-state index contributed by atoms with van der Waals surface area (Å²) in [7, 11) is 1.60. The van der Waals surface area contributed by atoms with E-state index in [0.29, 0.717) is 32.8 Å². The molecule has 6 heteroatoms. The molecule has 20 heavy (non-hydrogen) atoms. The van der Waals surface area contributed by atoms with Crippen molar-refractivity contribution in [3.63, 3.8) is 0 Å². The molecule has 6 nitrogen and oxygen atoms in total. The summed E-state index contributed by atoms with van der Waals surface area (Å²) in [6, 6.07) is 6.03. The SMILES string of the molecule is COCCOCCNC(=O)[C@@H](N)Cc1ccc(O)cc1. The maximum Gasteiger partial charge on any atom is 0.237 e. The molecule has 0 unspecified atom stereocenters. The van der Waals surface area contributed by atoms with Gasteiger partial charge in [-0.3, -0.25) is 4.79 Å². The Morgan fingerprint density at radius 3 is 2.65 bits per heavy atom. The molecule has 112 valence electrons. The fourth-order valence-electron chi connectivity index (χ4n) is 1.60. The van der Waals surface area contributed by atoms with Gasteiger partial charge < -0.3 is 25.6 Å². The molecule has 0 aliphatic heterocycles. The van der Waals surface area contributed by atoms with E-state index in [1.54, 1.807) is 31.4 Å². The predicted octanol–water partition coefficient (Wildman–Crippen LogP) is 0.0412. The van der Waals surface area contributed by atoms with E-state index in [0.717, 1.165) is 5.56 Å². The zero-order chi connectivity index (χ0) is 14.8. The van der Waals surface area contributed by atoms with Crippen LogP contribution < -0.4 is 11.1 Å². The van der Waals surface area contributed by atoms with Crippen molar-refractivity contribution in [2.24, 2.45) is 5.73 Å². The first-order valence-corrected chi connectivity index (χ1v) is 6.51. The Balaban J connectivity index is 2.20. The van der Waals surface area contributed by atoms with E-state index in [1.807, 2.05) is 0 Å². The average Bonchev–Trinajstić information content (AvgIpc) is 2.45. The second-order valence-electron chi connectivity index (χ2n) is 4.37. The summed E-state index contributed by atoms with van der Waals surface area (Å²) in [5, 5.41) is 11.9. The van der Waals surface area contributed by atoms with Crippen LogP contribution in [0.1, 0.15) is 5.56 Å². The molecule has 0 bridgehead atoms. The molecule has 1 aromatic rings. The number of nitrogens with two attached hydrogens (primary N) is 1. The molecule has 0 aromatic heterocycles. The van der Waals surface area contributed by atoms with Gasteiger partial charge in [0.2, 0.25) is 5.91 Å². The molecular weight excluding hydrogens is 260 g/mol.